The highest BCUT2D eigenvalue weighted by Crippen LogP contribution is 2.17. The molecule has 0 aliphatic carbocycles. The van der Waals surface area contributed by atoms with Gasteiger partial charge >= 0.3 is 5.76 Å². The number of aromatic amines is 1. The summed E-state index contributed by atoms with van der Waals surface area (Å²) in [7, 11) is 1.60. The first kappa shape index (κ1) is 14.1. The fourth-order valence-electron chi connectivity index (χ4n) is 2.20. The molecule has 2 aromatic carbocycles. The molecule has 0 aliphatic rings. The van der Waals surface area contributed by atoms with Gasteiger partial charge in [0.05, 0.1) is 12.1 Å². The summed E-state index contributed by atoms with van der Waals surface area (Å²) in [5.41, 5.74) is 3.02. The van der Waals surface area contributed by atoms with Crippen molar-refractivity contribution in [3.8, 4) is 0 Å². The van der Waals surface area contributed by atoms with E-state index in [1.165, 1.54) is 0 Å². The van der Waals surface area contributed by atoms with Gasteiger partial charge in [0.1, 0.15) is 0 Å². The first-order valence-electron chi connectivity index (χ1n) is 6.68. The van der Waals surface area contributed by atoms with Gasteiger partial charge in [-0.1, -0.05) is 12.1 Å². The number of aromatic nitrogens is 1. The lowest BCUT2D eigenvalue weighted by atomic mass is 10.1. The molecule has 6 nitrogen and oxygen atoms in total. The van der Waals surface area contributed by atoms with Gasteiger partial charge in [-0.15, -0.1) is 0 Å². The van der Waals surface area contributed by atoms with Crippen molar-refractivity contribution < 1.29 is 13.9 Å². The van der Waals surface area contributed by atoms with Gasteiger partial charge in [0.25, 0.3) is 5.91 Å². The van der Waals surface area contributed by atoms with Crippen LogP contribution in [0, 0.1) is 0 Å². The fraction of sp³-hybridized carbons (Fsp3) is 0.125. The molecule has 3 aromatic rings. The molecule has 112 valence electrons. The van der Waals surface area contributed by atoms with Gasteiger partial charge in [-0.05, 0) is 35.9 Å². The van der Waals surface area contributed by atoms with Gasteiger partial charge in [0.2, 0.25) is 0 Å². The largest absolute Gasteiger partial charge is 0.417 e. The van der Waals surface area contributed by atoms with Crippen LogP contribution in [0.4, 0.5) is 5.69 Å². The van der Waals surface area contributed by atoms with Crippen molar-refractivity contribution in [1.82, 2.24) is 4.98 Å². The van der Waals surface area contributed by atoms with E-state index in [2.05, 4.69) is 10.3 Å². The highest BCUT2D eigenvalue weighted by Gasteiger charge is 2.08. The number of amides is 1. The smallest absolute Gasteiger partial charge is 0.408 e. The van der Waals surface area contributed by atoms with Crippen LogP contribution in [-0.2, 0) is 11.3 Å². The number of rotatable bonds is 4. The summed E-state index contributed by atoms with van der Waals surface area (Å²) in [5, 5.41) is 2.79. The third kappa shape index (κ3) is 2.91. The van der Waals surface area contributed by atoms with E-state index >= 15 is 0 Å². The molecule has 0 unspecified atom stereocenters. The lowest BCUT2D eigenvalue weighted by Gasteiger charge is -2.07. The predicted octanol–water partition coefficient (Wildman–Crippen LogP) is 2.52. The maximum absolute atomic E-state index is 12.3. The maximum atomic E-state index is 12.3. The molecule has 2 N–H and O–H groups in total. The Labute approximate surface area is 125 Å². The maximum Gasteiger partial charge on any atom is 0.417 e. The zero-order valence-electron chi connectivity index (χ0n) is 11.9. The van der Waals surface area contributed by atoms with Crippen LogP contribution >= 0.6 is 0 Å². The number of oxazole rings is 1. The van der Waals surface area contributed by atoms with Crippen molar-refractivity contribution in [2.75, 3.05) is 12.4 Å². The van der Waals surface area contributed by atoms with Crippen molar-refractivity contribution in [1.29, 1.82) is 0 Å². The van der Waals surface area contributed by atoms with E-state index in [0.717, 1.165) is 5.56 Å². The second-order valence-electron chi connectivity index (χ2n) is 4.81. The fourth-order valence-corrected chi connectivity index (χ4v) is 2.20. The number of carbonyl (C=O) groups excluding carboxylic acids is 1. The van der Waals surface area contributed by atoms with Crippen LogP contribution in [-0.4, -0.2) is 18.0 Å². The van der Waals surface area contributed by atoms with Gasteiger partial charge in [-0.3, -0.25) is 9.78 Å². The molecule has 0 spiro atoms. The van der Waals surface area contributed by atoms with Crippen LogP contribution in [0.15, 0.2) is 51.7 Å². The zero-order chi connectivity index (χ0) is 15.5. The zero-order valence-corrected chi connectivity index (χ0v) is 11.9. The number of benzene rings is 2. The second kappa shape index (κ2) is 5.87. The molecular weight excluding hydrogens is 284 g/mol. The molecule has 0 fully saturated rings. The van der Waals surface area contributed by atoms with E-state index < -0.39 is 5.76 Å². The van der Waals surface area contributed by atoms with Crippen LogP contribution in [0.1, 0.15) is 15.9 Å². The molecule has 0 saturated carbocycles. The minimum Gasteiger partial charge on any atom is -0.408 e. The quantitative estimate of drug-likeness (QED) is 0.775. The highest BCUT2D eigenvalue weighted by molar-refractivity contribution is 6.05. The Morgan fingerprint density at radius 1 is 1.27 bits per heavy atom. The van der Waals surface area contributed by atoms with Crippen molar-refractivity contribution >= 4 is 22.7 Å². The summed E-state index contributed by atoms with van der Waals surface area (Å²) >= 11 is 0. The Hall–Kier alpha value is -2.86. The van der Waals surface area contributed by atoms with Gasteiger partial charge in [0.15, 0.2) is 5.58 Å². The van der Waals surface area contributed by atoms with Crippen molar-refractivity contribution in [2.45, 2.75) is 6.61 Å². The van der Waals surface area contributed by atoms with Gasteiger partial charge < -0.3 is 14.5 Å². The van der Waals surface area contributed by atoms with E-state index in [1.807, 2.05) is 6.07 Å². The van der Waals surface area contributed by atoms with E-state index in [1.54, 1.807) is 43.5 Å². The topological polar surface area (TPSA) is 84.3 Å². The normalized spacial score (nSPS) is 10.8. The Kier molecular flexibility index (Phi) is 3.76. The average Bonchev–Trinajstić information content (AvgIpc) is 2.87. The predicted molar refractivity (Wildman–Crippen MR) is 81.9 cm³/mol. The van der Waals surface area contributed by atoms with Crippen LogP contribution < -0.4 is 11.1 Å². The van der Waals surface area contributed by atoms with E-state index in [0.29, 0.717) is 29.0 Å². The molecule has 1 amide bonds. The molecule has 0 bridgehead atoms. The standard InChI is InChI=1S/C16H14N2O4/c1-21-9-10-3-2-4-11(7-10)15(19)17-12-5-6-14-13(8-12)18-16(20)22-14/h2-8H,9H2,1H3,(H,17,19)(H,18,20). The molecule has 3 rings (SSSR count). The first-order valence-corrected chi connectivity index (χ1v) is 6.68. The number of methoxy groups -OCH3 is 1. The molecule has 6 heteroatoms. The van der Waals surface area contributed by atoms with Gasteiger partial charge in [-0.25, -0.2) is 4.79 Å². The second-order valence-corrected chi connectivity index (χ2v) is 4.81. The van der Waals surface area contributed by atoms with E-state index in [4.69, 9.17) is 9.15 Å². The average molecular weight is 298 g/mol. The first-order chi connectivity index (χ1) is 10.7. The Morgan fingerprint density at radius 2 is 2.14 bits per heavy atom. The van der Waals surface area contributed by atoms with Crippen molar-refractivity contribution in [3.63, 3.8) is 0 Å². The van der Waals surface area contributed by atoms with Gasteiger partial charge in [0, 0.05) is 18.4 Å². The highest BCUT2D eigenvalue weighted by atomic mass is 16.5. The molecule has 1 heterocycles. The summed E-state index contributed by atoms with van der Waals surface area (Å²) in [4.78, 5) is 25.9. The number of hydrogen-bond acceptors (Lipinski definition) is 4. The number of nitrogens with one attached hydrogen (secondary N) is 2. The van der Waals surface area contributed by atoms with E-state index in [9.17, 15) is 9.59 Å². The Morgan fingerprint density at radius 3 is 2.95 bits per heavy atom. The molecule has 0 saturated heterocycles. The minimum absolute atomic E-state index is 0.233. The van der Waals surface area contributed by atoms with E-state index in [-0.39, 0.29) is 5.91 Å². The van der Waals surface area contributed by atoms with Crippen LogP contribution in [0.25, 0.3) is 11.1 Å². The SMILES string of the molecule is COCc1cccc(C(=O)Nc2ccc3oc(=O)[nH]c3c2)c1. The lowest BCUT2D eigenvalue weighted by Crippen LogP contribution is -2.12. The summed E-state index contributed by atoms with van der Waals surface area (Å²) < 4.78 is 9.97. The molecule has 0 atom stereocenters. The number of carbonyl (C=O) groups is 1. The van der Waals surface area contributed by atoms with Crippen LogP contribution in [0.3, 0.4) is 0 Å². The monoisotopic (exact) mass is 298 g/mol. The molecule has 0 aliphatic heterocycles. The summed E-state index contributed by atoms with van der Waals surface area (Å²) in [5.74, 6) is -0.756. The lowest BCUT2D eigenvalue weighted by molar-refractivity contribution is 0.102. The molecular formula is C16H14N2O4. The number of anilines is 1. The minimum atomic E-state index is -0.522. The van der Waals surface area contributed by atoms with Crippen LogP contribution in [0.5, 0.6) is 0 Å². The van der Waals surface area contributed by atoms with Gasteiger partial charge in [-0.2, -0.15) is 0 Å². The summed E-state index contributed by atoms with van der Waals surface area (Å²) in [6.45, 7) is 0.448. The number of fused-ring (bicyclic) bond motifs is 1. The molecule has 1 aromatic heterocycles. The number of H-pyrrole nitrogens is 1. The summed E-state index contributed by atoms with van der Waals surface area (Å²) in [6, 6.07) is 12.2. The van der Waals surface area contributed by atoms with Crippen molar-refractivity contribution in [3.05, 3.63) is 64.1 Å². The molecule has 0 radical (unpaired) electrons. The third-order valence-corrected chi connectivity index (χ3v) is 3.18. The number of ether oxygens (including phenoxy) is 1. The Balaban J connectivity index is 1.82. The third-order valence-electron chi connectivity index (χ3n) is 3.18. The Bertz CT molecular complexity index is 879. The number of hydrogen-bond donors (Lipinski definition) is 2. The van der Waals surface area contributed by atoms with Crippen molar-refractivity contribution in [2.24, 2.45) is 0 Å². The van der Waals surface area contributed by atoms with Crippen LogP contribution in [0.2, 0.25) is 0 Å². The summed E-state index contributed by atoms with van der Waals surface area (Å²) in [6.07, 6.45) is 0. The molecule has 22 heavy (non-hydrogen) atoms.